The van der Waals surface area contributed by atoms with Gasteiger partial charge in [-0.3, -0.25) is 4.79 Å². The Kier molecular flexibility index (Phi) is 4.41. The van der Waals surface area contributed by atoms with Crippen molar-refractivity contribution in [2.75, 3.05) is 19.7 Å². The van der Waals surface area contributed by atoms with Crippen LogP contribution < -0.4 is 5.32 Å². The zero-order chi connectivity index (χ0) is 18.3. The molecule has 0 atom stereocenters. The van der Waals surface area contributed by atoms with E-state index in [0.29, 0.717) is 31.3 Å². The van der Waals surface area contributed by atoms with Gasteiger partial charge >= 0.3 is 6.09 Å². The Balaban J connectivity index is 1.28. The van der Waals surface area contributed by atoms with Gasteiger partial charge in [0.15, 0.2) is 0 Å². The molecule has 2 saturated heterocycles. The van der Waals surface area contributed by atoms with Crippen molar-refractivity contribution in [1.82, 2.24) is 10.2 Å². The lowest BCUT2D eigenvalue weighted by Gasteiger charge is -2.45. The monoisotopic (exact) mass is 356 g/mol. The highest BCUT2D eigenvalue weighted by molar-refractivity contribution is 5.81. The second-order valence-corrected chi connectivity index (χ2v) is 8.51. The van der Waals surface area contributed by atoms with Crippen molar-refractivity contribution in [3.8, 4) is 0 Å². The Labute approximate surface area is 155 Å². The smallest absolute Gasteiger partial charge is 0.407 e. The molecule has 2 heterocycles. The molecule has 1 saturated carbocycles. The summed E-state index contributed by atoms with van der Waals surface area (Å²) in [5.41, 5.74) is 2.51. The molecule has 3 fully saturated rings. The number of piperidine rings is 1. The average Bonchev–Trinajstić information content (AvgIpc) is 3.02. The normalized spacial score (nSPS) is 28.8. The van der Waals surface area contributed by atoms with E-state index in [-0.39, 0.29) is 23.5 Å². The third-order valence-electron chi connectivity index (χ3n) is 6.35. The Morgan fingerprint density at radius 3 is 2.38 bits per heavy atom. The molecule has 140 valence electrons. The fraction of sp³-hybridized carbons (Fsp3) is 0.619. The van der Waals surface area contributed by atoms with E-state index in [1.807, 2.05) is 4.90 Å². The molecule has 4 rings (SSSR count). The van der Waals surface area contributed by atoms with E-state index in [1.165, 1.54) is 11.1 Å². The molecule has 5 nitrogen and oxygen atoms in total. The van der Waals surface area contributed by atoms with Crippen LogP contribution in [0.4, 0.5) is 4.79 Å². The van der Waals surface area contributed by atoms with E-state index >= 15 is 0 Å². The Bertz CT molecular complexity index is 684. The van der Waals surface area contributed by atoms with Gasteiger partial charge in [0.05, 0.1) is 5.54 Å². The highest BCUT2D eigenvalue weighted by Crippen LogP contribution is 2.42. The summed E-state index contributed by atoms with van der Waals surface area (Å²) in [4.78, 5) is 26.0. The number of nitrogens with one attached hydrogen (secondary N) is 1. The van der Waals surface area contributed by atoms with Gasteiger partial charge in [-0.25, -0.2) is 4.79 Å². The summed E-state index contributed by atoms with van der Waals surface area (Å²) >= 11 is 0. The Morgan fingerprint density at radius 2 is 1.85 bits per heavy atom. The molecule has 0 radical (unpaired) electrons. The van der Waals surface area contributed by atoms with Gasteiger partial charge in [-0.2, -0.15) is 0 Å². The molecular weight excluding hydrogens is 328 g/mol. The molecule has 3 aliphatic rings. The minimum Gasteiger partial charge on any atom is -0.447 e. The summed E-state index contributed by atoms with van der Waals surface area (Å²) in [6, 6.07) is 9.00. The molecular formula is C21H28N2O3. The number of carbonyl (C=O) groups excluding carboxylic acids is 2. The number of alkyl carbamates (subject to hydrolysis) is 1. The van der Waals surface area contributed by atoms with Crippen molar-refractivity contribution in [2.24, 2.45) is 5.92 Å². The summed E-state index contributed by atoms with van der Waals surface area (Å²) in [5.74, 6) is 1.41. The zero-order valence-electron chi connectivity index (χ0n) is 15.7. The zero-order valence-corrected chi connectivity index (χ0v) is 15.7. The molecule has 0 aromatic heterocycles. The number of cyclic esters (lactones) is 1. The minimum absolute atomic E-state index is 0.0406. The number of benzene rings is 1. The fourth-order valence-corrected chi connectivity index (χ4v) is 4.61. The third-order valence-corrected chi connectivity index (χ3v) is 6.35. The number of ether oxygens (including phenoxy) is 1. The van der Waals surface area contributed by atoms with Crippen molar-refractivity contribution in [2.45, 2.75) is 56.9 Å². The van der Waals surface area contributed by atoms with Crippen LogP contribution in [-0.2, 0) is 9.53 Å². The molecule has 0 unspecified atom stereocenters. The quantitative estimate of drug-likeness (QED) is 0.903. The predicted octanol–water partition coefficient (Wildman–Crippen LogP) is 3.40. The van der Waals surface area contributed by atoms with Gasteiger partial charge in [-0.15, -0.1) is 0 Å². The van der Waals surface area contributed by atoms with Crippen LogP contribution in [0.25, 0.3) is 0 Å². The summed E-state index contributed by atoms with van der Waals surface area (Å²) in [7, 11) is 0. The second-order valence-electron chi connectivity index (χ2n) is 8.51. The average molecular weight is 356 g/mol. The number of likely N-dealkylation sites (tertiary alicyclic amines) is 1. The highest BCUT2D eigenvalue weighted by atomic mass is 16.6. The van der Waals surface area contributed by atoms with Gasteiger partial charge in [0, 0.05) is 19.0 Å². The van der Waals surface area contributed by atoms with Crippen LogP contribution in [0.15, 0.2) is 24.3 Å². The van der Waals surface area contributed by atoms with Gasteiger partial charge in [-0.1, -0.05) is 38.1 Å². The maximum absolute atomic E-state index is 12.7. The number of carbonyl (C=O) groups is 2. The molecule has 2 aliphatic heterocycles. The van der Waals surface area contributed by atoms with Crippen LogP contribution >= 0.6 is 0 Å². The van der Waals surface area contributed by atoms with Gasteiger partial charge in [0.2, 0.25) is 5.91 Å². The van der Waals surface area contributed by atoms with E-state index < -0.39 is 0 Å². The van der Waals surface area contributed by atoms with Crippen molar-refractivity contribution >= 4 is 12.0 Å². The largest absolute Gasteiger partial charge is 0.447 e. The molecule has 1 aromatic carbocycles. The van der Waals surface area contributed by atoms with Gasteiger partial charge < -0.3 is 15.0 Å². The van der Waals surface area contributed by atoms with Crippen LogP contribution in [0.5, 0.6) is 0 Å². The van der Waals surface area contributed by atoms with Crippen LogP contribution in [0.3, 0.4) is 0 Å². The van der Waals surface area contributed by atoms with E-state index in [1.54, 1.807) is 0 Å². The molecule has 1 spiro atoms. The first kappa shape index (κ1) is 17.4. The molecule has 5 heteroatoms. The van der Waals surface area contributed by atoms with Crippen molar-refractivity contribution < 1.29 is 14.3 Å². The molecule has 26 heavy (non-hydrogen) atoms. The first-order valence-corrected chi connectivity index (χ1v) is 9.79. The standard InChI is InChI=1S/C21H28N2O3/c1-14(2)15-3-5-16(6-4-15)17-7-9-23(10-8-17)19(24)18-11-21(12-18)13-26-20(25)22-21/h3-6,14,17-18H,7-13H2,1-2H3,(H,22,25). The second kappa shape index (κ2) is 6.60. The lowest BCUT2D eigenvalue weighted by atomic mass is 9.68. The number of hydrogen-bond acceptors (Lipinski definition) is 3. The lowest BCUT2D eigenvalue weighted by Crippen LogP contribution is -2.58. The van der Waals surface area contributed by atoms with E-state index in [0.717, 1.165) is 25.9 Å². The van der Waals surface area contributed by atoms with Crippen molar-refractivity contribution in [1.29, 1.82) is 0 Å². The summed E-state index contributed by atoms with van der Waals surface area (Å²) in [6.45, 7) is 6.51. The van der Waals surface area contributed by atoms with Crippen molar-refractivity contribution in [3.63, 3.8) is 0 Å². The number of amides is 2. The summed E-state index contributed by atoms with van der Waals surface area (Å²) in [5, 5.41) is 2.86. The molecule has 1 aromatic rings. The van der Waals surface area contributed by atoms with Crippen LogP contribution in [0.2, 0.25) is 0 Å². The van der Waals surface area contributed by atoms with Crippen molar-refractivity contribution in [3.05, 3.63) is 35.4 Å². The minimum atomic E-state index is -0.347. The van der Waals surface area contributed by atoms with Gasteiger partial charge in [-0.05, 0) is 48.6 Å². The molecule has 1 aliphatic carbocycles. The Hall–Kier alpha value is -2.04. The number of rotatable bonds is 3. The lowest BCUT2D eigenvalue weighted by molar-refractivity contribution is -0.142. The molecule has 2 amide bonds. The SMILES string of the molecule is CC(C)c1ccc(C2CCN(C(=O)C3CC4(COC(=O)N4)C3)CC2)cc1. The van der Waals surface area contributed by atoms with E-state index in [9.17, 15) is 9.59 Å². The topological polar surface area (TPSA) is 58.6 Å². The molecule has 0 bridgehead atoms. The highest BCUT2D eigenvalue weighted by Gasteiger charge is 2.53. The van der Waals surface area contributed by atoms with E-state index in [2.05, 4.69) is 43.4 Å². The van der Waals surface area contributed by atoms with Gasteiger partial charge in [0.1, 0.15) is 6.61 Å². The van der Waals surface area contributed by atoms with Crippen LogP contribution in [0.1, 0.15) is 62.5 Å². The third kappa shape index (κ3) is 3.19. The number of nitrogens with zero attached hydrogens (tertiary/aromatic N) is 1. The summed E-state index contributed by atoms with van der Waals surface area (Å²) < 4.78 is 5.00. The Morgan fingerprint density at radius 1 is 1.19 bits per heavy atom. The van der Waals surface area contributed by atoms with E-state index in [4.69, 9.17) is 4.74 Å². The first-order valence-electron chi connectivity index (χ1n) is 9.79. The summed E-state index contributed by atoms with van der Waals surface area (Å²) in [6.07, 6.45) is 3.15. The fourth-order valence-electron chi connectivity index (χ4n) is 4.61. The predicted molar refractivity (Wildman–Crippen MR) is 99.0 cm³/mol. The van der Waals surface area contributed by atoms with Crippen LogP contribution in [-0.4, -0.2) is 42.1 Å². The maximum atomic E-state index is 12.7. The maximum Gasteiger partial charge on any atom is 0.407 e. The van der Waals surface area contributed by atoms with Crippen LogP contribution in [0, 0.1) is 5.92 Å². The molecule has 1 N–H and O–H groups in total. The first-order chi connectivity index (χ1) is 12.5. The van der Waals surface area contributed by atoms with Gasteiger partial charge in [0.25, 0.3) is 0 Å². The number of hydrogen-bond donors (Lipinski definition) is 1.